The second kappa shape index (κ2) is 10.9. The number of likely N-dealkylation sites (N-methyl/N-ethyl adjacent to an activating group) is 1. The lowest BCUT2D eigenvalue weighted by molar-refractivity contribution is -0.112. The Hall–Kier alpha value is -3.35. The van der Waals surface area contributed by atoms with Crippen LogP contribution in [0.1, 0.15) is 46.7 Å². The molecule has 2 heterocycles. The summed E-state index contributed by atoms with van der Waals surface area (Å²) in [4.78, 5) is 44.1. The van der Waals surface area contributed by atoms with E-state index in [4.69, 9.17) is 0 Å². The Kier molecular flexibility index (Phi) is 8.20. The summed E-state index contributed by atoms with van der Waals surface area (Å²) in [5.74, 6) is -1.73. The first-order chi connectivity index (χ1) is 16.6. The molecule has 3 rings (SSSR count). The molecule has 10 nitrogen and oxygen atoms in total. The fraction of sp³-hybridized carbons (Fsp3) is 0.348. The molecule has 1 atom stereocenters. The number of H-pyrrole nitrogens is 1. The van der Waals surface area contributed by atoms with Crippen molar-refractivity contribution in [2.45, 2.75) is 27.7 Å². The van der Waals surface area contributed by atoms with Crippen molar-refractivity contribution in [1.82, 2.24) is 19.9 Å². The van der Waals surface area contributed by atoms with Crippen LogP contribution in [-0.4, -0.2) is 62.7 Å². The highest BCUT2D eigenvalue weighted by molar-refractivity contribution is 7.77. The normalized spacial score (nSPS) is 15.0. The number of hydrogen-bond acceptors (Lipinski definition) is 6. The zero-order chi connectivity index (χ0) is 25.9. The van der Waals surface area contributed by atoms with Crippen LogP contribution in [0.5, 0.6) is 0 Å². The molecule has 0 spiro atoms. The summed E-state index contributed by atoms with van der Waals surface area (Å²) in [6.45, 7) is 10.5. The van der Waals surface area contributed by atoms with Gasteiger partial charge in [0.2, 0.25) is 0 Å². The lowest BCUT2D eigenvalue weighted by Crippen LogP contribution is -2.42. The number of rotatable bonds is 8. The number of benzene rings is 1. The van der Waals surface area contributed by atoms with Crippen LogP contribution in [0.25, 0.3) is 11.6 Å². The molecule has 1 unspecified atom stereocenters. The number of anilines is 1. The average Bonchev–Trinajstić information content (AvgIpc) is 3.23. The number of halogens is 1. The van der Waals surface area contributed by atoms with E-state index in [0.29, 0.717) is 40.5 Å². The first-order valence-corrected chi connectivity index (χ1v) is 12.1. The Morgan fingerprint density at radius 3 is 2.57 bits per heavy atom. The molecule has 0 bridgehead atoms. The third kappa shape index (κ3) is 5.50. The minimum Gasteiger partial charge on any atom is -0.755 e. The summed E-state index contributed by atoms with van der Waals surface area (Å²) >= 11 is -2.94. The number of carbonyl (C=O) groups is 3. The molecular formula is C23H27FN5O5S-. The van der Waals surface area contributed by atoms with E-state index in [-0.39, 0.29) is 22.7 Å². The Morgan fingerprint density at radius 1 is 1.26 bits per heavy atom. The number of aryl methyl sites for hydroxylation is 1. The predicted molar refractivity (Wildman–Crippen MR) is 130 cm³/mol. The molecule has 0 fully saturated rings. The van der Waals surface area contributed by atoms with Gasteiger partial charge in [-0.3, -0.25) is 18.5 Å². The van der Waals surface area contributed by atoms with Crippen LogP contribution >= 0.6 is 0 Å². The van der Waals surface area contributed by atoms with E-state index in [2.05, 4.69) is 15.2 Å². The summed E-state index contributed by atoms with van der Waals surface area (Å²) in [7, 11) is 0. The van der Waals surface area contributed by atoms with Crippen LogP contribution in [0.2, 0.25) is 0 Å². The predicted octanol–water partition coefficient (Wildman–Crippen LogP) is 2.23. The number of nitrogens with one attached hydrogen (secondary N) is 3. The van der Waals surface area contributed by atoms with Crippen LogP contribution in [0.15, 0.2) is 18.2 Å². The van der Waals surface area contributed by atoms with Crippen molar-refractivity contribution >= 4 is 46.4 Å². The molecule has 188 valence electrons. The van der Waals surface area contributed by atoms with Gasteiger partial charge in [-0.15, -0.1) is 0 Å². The molecule has 4 amide bonds. The molecule has 35 heavy (non-hydrogen) atoms. The number of urea groups is 1. The fourth-order valence-electron chi connectivity index (χ4n) is 4.08. The van der Waals surface area contributed by atoms with Gasteiger partial charge >= 0.3 is 6.03 Å². The van der Waals surface area contributed by atoms with Crippen molar-refractivity contribution in [2.24, 2.45) is 0 Å². The van der Waals surface area contributed by atoms with Gasteiger partial charge in [-0.05, 0) is 56.8 Å². The highest BCUT2D eigenvalue weighted by Gasteiger charge is 2.37. The van der Waals surface area contributed by atoms with Crippen LogP contribution in [0.3, 0.4) is 0 Å². The standard InChI is InChI=1S/C23H28FN5O5S/c1-5-28(6-2)10-9-25-21(30)20-13(3)18(26-14(20)4)12-17-16-11-15(24)7-8-19(16)29(22(17)31)23(32)27-35(33)34/h7-8,11-12,26H,5-6,9-10H2,1-4H3,(H,25,30)(H,27,32)(H,33,34)/p-1/b17-12-. The van der Waals surface area contributed by atoms with Crippen molar-refractivity contribution in [1.29, 1.82) is 0 Å². The van der Waals surface area contributed by atoms with Gasteiger partial charge in [0, 0.05) is 41.3 Å². The minimum absolute atomic E-state index is 0.0239. The monoisotopic (exact) mass is 504 g/mol. The van der Waals surface area contributed by atoms with Gasteiger partial charge in [0.05, 0.1) is 16.8 Å². The summed E-state index contributed by atoms with van der Waals surface area (Å²) in [5.41, 5.74) is 2.16. The Labute approximate surface area is 205 Å². The first-order valence-electron chi connectivity index (χ1n) is 11.0. The van der Waals surface area contributed by atoms with Crippen LogP contribution < -0.4 is 14.9 Å². The van der Waals surface area contributed by atoms with Gasteiger partial charge in [0.15, 0.2) is 0 Å². The van der Waals surface area contributed by atoms with Crippen LogP contribution in [0, 0.1) is 19.7 Å². The lowest BCUT2D eigenvalue weighted by atomic mass is 10.0. The molecule has 3 N–H and O–H groups in total. The molecule has 1 aromatic carbocycles. The largest absolute Gasteiger partial charge is 0.755 e. The summed E-state index contributed by atoms with van der Waals surface area (Å²) in [6, 6.07) is 2.19. The number of aromatic amines is 1. The molecule has 0 radical (unpaired) electrons. The van der Waals surface area contributed by atoms with Gasteiger partial charge < -0.3 is 19.8 Å². The number of nitrogens with zero attached hydrogens (tertiary/aromatic N) is 2. The maximum absolute atomic E-state index is 14.0. The van der Waals surface area contributed by atoms with E-state index in [1.165, 1.54) is 12.1 Å². The number of amides is 4. The Morgan fingerprint density at radius 2 is 1.94 bits per heavy atom. The number of aromatic nitrogens is 1. The molecule has 12 heteroatoms. The van der Waals surface area contributed by atoms with Gasteiger partial charge in [-0.25, -0.2) is 14.1 Å². The fourth-order valence-corrected chi connectivity index (χ4v) is 4.32. The van der Waals surface area contributed by atoms with Crippen molar-refractivity contribution in [3.05, 3.63) is 52.1 Å². The summed E-state index contributed by atoms with van der Waals surface area (Å²) in [6.07, 6.45) is 1.43. The van der Waals surface area contributed by atoms with Crippen LogP contribution in [-0.2, 0) is 16.1 Å². The summed E-state index contributed by atoms with van der Waals surface area (Å²) in [5, 5.41) is 2.90. The number of imide groups is 1. The quantitative estimate of drug-likeness (QED) is 0.372. The highest BCUT2D eigenvalue weighted by Crippen LogP contribution is 2.38. The van der Waals surface area contributed by atoms with E-state index in [0.717, 1.165) is 25.2 Å². The molecular weight excluding hydrogens is 477 g/mol. The smallest absolute Gasteiger partial charge is 0.340 e. The van der Waals surface area contributed by atoms with E-state index in [1.807, 2.05) is 13.8 Å². The first kappa shape index (κ1) is 26.3. The number of fused-ring (bicyclic) bond motifs is 1. The lowest BCUT2D eigenvalue weighted by Gasteiger charge is -2.18. The Balaban J connectivity index is 1.94. The van der Waals surface area contributed by atoms with E-state index < -0.39 is 29.0 Å². The zero-order valence-corrected chi connectivity index (χ0v) is 20.7. The van der Waals surface area contributed by atoms with Crippen molar-refractivity contribution in [3.8, 4) is 0 Å². The topological polar surface area (TPSA) is 138 Å². The van der Waals surface area contributed by atoms with Gasteiger partial charge in [0.1, 0.15) is 5.82 Å². The second-order valence-electron chi connectivity index (χ2n) is 7.95. The minimum atomic E-state index is -2.94. The van der Waals surface area contributed by atoms with Crippen molar-refractivity contribution < 1.29 is 27.5 Å². The van der Waals surface area contributed by atoms with Gasteiger partial charge in [-0.2, -0.15) is 0 Å². The SMILES string of the molecule is CCN(CC)CCNC(=O)c1c(C)[nH]c(/C=C2\C(=O)N(C(=O)NS(=O)[O-])c3ccc(F)cc32)c1C. The second-order valence-corrected chi connectivity index (χ2v) is 8.62. The van der Waals surface area contributed by atoms with Crippen LogP contribution in [0.4, 0.5) is 14.9 Å². The van der Waals surface area contributed by atoms with E-state index >= 15 is 0 Å². The molecule has 0 saturated carbocycles. The van der Waals surface area contributed by atoms with Gasteiger partial charge in [-0.1, -0.05) is 13.8 Å². The highest BCUT2D eigenvalue weighted by atomic mass is 32.2. The molecule has 1 aliphatic rings. The molecule has 2 aromatic rings. The van der Waals surface area contributed by atoms with E-state index in [1.54, 1.807) is 18.6 Å². The van der Waals surface area contributed by atoms with Crippen molar-refractivity contribution in [2.75, 3.05) is 31.1 Å². The van der Waals surface area contributed by atoms with Crippen molar-refractivity contribution in [3.63, 3.8) is 0 Å². The number of carbonyl (C=O) groups excluding carboxylic acids is 3. The third-order valence-corrected chi connectivity index (χ3v) is 6.24. The summed E-state index contributed by atoms with van der Waals surface area (Å²) < 4.78 is 37.5. The van der Waals surface area contributed by atoms with E-state index in [9.17, 15) is 27.5 Å². The molecule has 0 saturated heterocycles. The molecule has 1 aromatic heterocycles. The number of hydrogen-bond donors (Lipinski definition) is 3. The molecule has 0 aliphatic carbocycles. The van der Waals surface area contributed by atoms with Gasteiger partial charge in [0.25, 0.3) is 11.8 Å². The third-order valence-electron chi connectivity index (χ3n) is 5.90. The average molecular weight is 505 g/mol. The molecule has 1 aliphatic heterocycles. The maximum atomic E-state index is 14.0. The maximum Gasteiger partial charge on any atom is 0.340 e. The zero-order valence-electron chi connectivity index (χ0n) is 19.9. The Bertz CT molecular complexity index is 1220.